The molecule has 1 aromatic rings. The quantitative estimate of drug-likeness (QED) is 0.259. The third-order valence-electron chi connectivity index (χ3n) is 4.10. The van der Waals surface area contributed by atoms with Gasteiger partial charge in [0, 0.05) is 6.20 Å². The van der Waals surface area contributed by atoms with Crippen molar-refractivity contribution in [2.45, 2.75) is 24.4 Å². The second-order valence-electron chi connectivity index (χ2n) is 7.83. The summed E-state index contributed by atoms with van der Waals surface area (Å²) in [4.78, 5) is 36.4. The van der Waals surface area contributed by atoms with E-state index >= 15 is 0 Å². The van der Waals surface area contributed by atoms with Crippen LogP contribution in [-0.2, 0) is 27.2 Å². The maximum Gasteiger partial charge on any atom is 0.478 e. The highest BCUT2D eigenvalue weighted by molar-refractivity contribution is 7.60. The number of aliphatic hydroxyl groups is 1. The zero-order valence-electron chi connectivity index (χ0n) is 17.2. The number of anilines is 1. The molecule has 1 aliphatic heterocycles. The van der Waals surface area contributed by atoms with E-state index in [1.54, 1.807) is 21.1 Å². The molecule has 32 heavy (non-hydrogen) atoms. The highest BCUT2D eigenvalue weighted by atomic mass is 31.3. The van der Waals surface area contributed by atoms with Gasteiger partial charge in [-0.1, -0.05) is 0 Å². The molecule has 0 spiro atoms. The molecular weight excluding hydrogens is 484 g/mol. The van der Waals surface area contributed by atoms with Gasteiger partial charge in [0.2, 0.25) is 6.23 Å². The number of rotatable bonds is 10. The minimum absolute atomic E-state index is 0.212. The number of aromatic nitrogens is 2. The van der Waals surface area contributed by atoms with E-state index in [1.165, 1.54) is 0 Å². The smallest absolute Gasteiger partial charge is 0.478 e. The van der Waals surface area contributed by atoms with E-state index in [0.717, 1.165) is 12.3 Å². The lowest BCUT2D eigenvalue weighted by Crippen LogP contribution is -2.42. The summed E-state index contributed by atoms with van der Waals surface area (Å²) < 4.78 is 70.9. The first kappa shape index (κ1) is 26.9. The summed E-state index contributed by atoms with van der Waals surface area (Å²) in [6.45, 7) is -1.34. The Hall–Kier alpha value is -1.32. The number of halogens is 2. The number of phosphoric ester groups is 2. The van der Waals surface area contributed by atoms with Gasteiger partial charge in [-0.3, -0.25) is 13.7 Å². The summed E-state index contributed by atoms with van der Waals surface area (Å²) in [5, 5.41) is 9.85. The van der Waals surface area contributed by atoms with Crippen molar-refractivity contribution < 1.29 is 55.4 Å². The van der Waals surface area contributed by atoms with Crippen molar-refractivity contribution in [3.05, 3.63) is 22.7 Å². The Morgan fingerprint density at radius 2 is 2.00 bits per heavy atom. The van der Waals surface area contributed by atoms with Crippen molar-refractivity contribution in [2.24, 2.45) is 0 Å². The van der Waals surface area contributed by atoms with Crippen LogP contribution in [0.3, 0.4) is 0 Å². The number of nitrogens with two attached hydrogens (primary N) is 1. The van der Waals surface area contributed by atoms with Gasteiger partial charge < -0.3 is 34.4 Å². The number of quaternary nitrogens is 1. The van der Waals surface area contributed by atoms with Gasteiger partial charge in [0.1, 0.15) is 25.1 Å². The van der Waals surface area contributed by atoms with Crippen LogP contribution in [0.4, 0.5) is 14.6 Å². The van der Waals surface area contributed by atoms with Crippen molar-refractivity contribution in [1.82, 2.24) is 9.55 Å². The summed E-state index contributed by atoms with van der Waals surface area (Å²) in [7, 11) is -5.43. The number of phosphoric acid groups is 2. The zero-order valence-corrected chi connectivity index (χ0v) is 19.0. The van der Waals surface area contributed by atoms with Crippen LogP contribution >= 0.6 is 15.6 Å². The van der Waals surface area contributed by atoms with Crippen LogP contribution in [-0.4, -0.2) is 83.1 Å². The number of alkyl halides is 2. The van der Waals surface area contributed by atoms with Gasteiger partial charge in [-0.05, 0) is 6.07 Å². The third-order valence-corrected chi connectivity index (χ3v) is 6.70. The van der Waals surface area contributed by atoms with E-state index in [2.05, 4.69) is 18.3 Å². The van der Waals surface area contributed by atoms with Gasteiger partial charge >= 0.3 is 19.4 Å². The van der Waals surface area contributed by atoms with Gasteiger partial charge in [-0.15, -0.1) is 0 Å². The van der Waals surface area contributed by atoms with Gasteiger partial charge in [-0.25, -0.2) is 13.7 Å². The number of hydrogen-bond acceptors (Lipinski definition) is 11. The fourth-order valence-corrected chi connectivity index (χ4v) is 4.51. The normalized spacial score (nSPS) is 27.1. The molecule has 4 N–H and O–H groups in total. The molecule has 0 amide bonds. The predicted octanol–water partition coefficient (Wildman–Crippen LogP) is -0.956. The minimum Gasteiger partial charge on any atom is -0.756 e. The van der Waals surface area contributed by atoms with Crippen LogP contribution in [0.25, 0.3) is 0 Å². The van der Waals surface area contributed by atoms with E-state index in [0.29, 0.717) is 9.05 Å². The maximum atomic E-state index is 14.4. The van der Waals surface area contributed by atoms with Crippen LogP contribution in [0.1, 0.15) is 6.23 Å². The van der Waals surface area contributed by atoms with E-state index in [9.17, 15) is 37.6 Å². The van der Waals surface area contributed by atoms with Crippen molar-refractivity contribution in [3.8, 4) is 0 Å². The van der Waals surface area contributed by atoms with Crippen LogP contribution in [0.2, 0.25) is 0 Å². The Morgan fingerprint density at radius 3 is 2.56 bits per heavy atom. The second-order valence-corrected chi connectivity index (χ2v) is 10.8. The second kappa shape index (κ2) is 9.50. The molecule has 0 radical (unpaired) electrons. The molecule has 1 aromatic heterocycles. The molecule has 18 heteroatoms. The molecule has 2 unspecified atom stereocenters. The number of aliphatic hydroxyl groups excluding tert-OH is 1. The fraction of sp³-hybridized carbons (Fsp3) is 0.714. The van der Waals surface area contributed by atoms with Crippen molar-refractivity contribution in [3.63, 3.8) is 0 Å². The standard InChI is InChI=1S/C14H24F2N4O10P2/c1-20(2,3)6-7-27-31(23,24)30-32(25,26)28-8-9-11(21)14(15,16)12(29-9)19-5-4-10(17)18-13(19)22/h4-5,9,11-12,21H,6-8H2,1-3H3,(H3-,17,18,22,23,24,25,26)/t9-,11-,12-/m1/s1. The molecule has 1 fully saturated rings. The highest BCUT2D eigenvalue weighted by Crippen LogP contribution is 2.58. The largest absolute Gasteiger partial charge is 0.756 e. The molecule has 184 valence electrons. The molecule has 14 nitrogen and oxygen atoms in total. The first-order chi connectivity index (χ1) is 14.4. The SMILES string of the molecule is C[N+](C)(C)CCOP(=O)([O-])OP(=O)(O)OC[C@H]1O[C@@H](n2ccc(N)nc2=O)C(F)(F)[C@@H]1O. The molecular formula is C14H24F2N4O10P2. The van der Waals surface area contributed by atoms with E-state index in [-0.39, 0.29) is 19.0 Å². The minimum atomic E-state index is -5.36. The van der Waals surface area contributed by atoms with Gasteiger partial charge in [0.05, 0.1) is 27.7 Å². The maximum absolute atomic E-state index is 14.4. The summed E-state index contributed by atoms with van der Waals surface area (Å²) in [6, 6.07) is 1.04. The Bertz CT molecular complexity index is 972. The summed E-state index contributed by atoms with van der Waals surface area (Å²) in [5.74, 6) is -4.28. The molecule has 2 rings (SSSR count). The molecule has 0 aliphatic carbocycles. The number of nitrogen functional groups attached to an aromatic ring is 1. The van der Waals surface area contributed by atoms with Crippen molar-refractivity contribution in [2.75, 3.05) is 46.6 Å². The summed E-state index contributed by atoms with van der Waals surface area (Å²) >= 11 is 0. The van der Waals surface area contributed by atoms with Gasteiger partial charge in [0.15, 0.2) is 6.10 Å². The van der Waals surface area contributed by atoms with E-state index < -0.39 is 52.3 Å². The average Bonchev–Trinajstić information content (AvgIpc) is 2.81. The predicted molar refractivity (Wildman–Crippen MR) is 101 cm³/mol. The van der Waals surface area contributed by atoms with Gasteiger partial charge in [-0.2, -0.15) is 13.8 Å². The topological polar surface area (TPSA) is 195 Å². The van der Waals surface area contributed by atoms with Crippen LogP contribution < -0.4 is 16.3 Å². The lowest BCUT2D eigenvalue weighted by molar-refractivity contribution is -0.870. The first-order valence-corrected chi connectivity index (χ1v) is 11.9. The molecule has 0 bridgehead atoms. The first-order valence-electron chi connectivity index (χ1n) is 8.94. The Kier molecular flexibility index (Phi) is 8.00. The molecule has 5 atom stereocenters. The van der Waals surface area contributed by atoms with Crippen molar-refractivity contribution in [1.29, 1.82) is 0 Å². The Balaban J connectivity index is 2.02. The third kappa shape index (κ3) is 7.09. The van der Waals surface area contributed by atoms with Gasteiger partial charge in [0.25, 0.3) is 7.82 Å². The average molecular weight is 508 g/mol. The number of likely N-dealkylation sites (N-methyl/N-ethyl adjacent to an activating group) is 1. The molecule has 0 saturated carbocycles. The van der Waals surface area contributed by atoms with Crippen molar-refractivity contribution >= 4 is 21.5 Å². The molecule has 1 saturated heterocycles. The lowest BCUT2D eigenvalue weighted by Gasteiger charge is -2.28. The number of ether oxygens (including phenoxy) is 1. The lowest BCUT2D eigenvalue weighted by atomic mass is 10.1. The number of nitrogens with zero attached hydrogens (tertiary/aromatic N) is 3. The Morgan fingerprint density at radius 1 is 1.38 bits per heavy atom. The Labute approximate surface area is 180 Å². The summed E-state index contributed by atoms with van der Waals surface area (Å²) in [5.41, 5.74) is 4.10. The monoisotopic (exact) mass is 508 g/mol. The number of hydrogen-bond donors (Lipinski definition) is 3. The molecule has 0 aromatic carbocycles. The molecule has 1 aliphatic rings. The van der Waals surface area contributed by atoms with E-state index in [4.69, 9.17) is 10.5 Å². The highest BCUT2D eigenvalue weighted by Gasteiger charge is 2.60. The van der Waals surface area contributed by atoms with Crippen LogP contribution in [0.5, 0.6) is 0 Å². The van der Waals surface area contributed by atoms with E-state index in [1.807, 2.05) is 0 Å². The summed E-state index contributed by atoms with van der Waals surface area (Å²) in [6.07, 6.45) is -6.00. The van der Waals surface area contributed by atoms with Crippen LogP contribution in [0.15, 0.2) is 17.1 Å². The van der Waals surface area contributed by atoms with Crippen LogP contribution in [0, 0.1) is 0 Å². The zero-order chi connectivity index (χ0) is 24.5. The molecule has 2 heterocycles. The fourth-order valence-electron chi connectivity index (χ4n) is 2.48.